The second-order valence-corrected chi connectivity index (χ2v) is 4.55. The molecular weight excluding hydrogens is 208 g/mol. The van der Waals surface area contributed by atoms with E-state index in [1.54, 1.807) is 0 Å². The number of hydrogen-bond acceptors (Lipinski definition) is 4. The van der Waals surface area contributed by atoms with Crippen LogP contribution in [0.4, 0.5) is 0 Å². The molecule has 1 aliphatic heterocycles. The topological polar surface area (TPSA) is 73.6 Å². The van der Waals surface area contributed by atoms with Crippen LogP contribution >= 0.6 is 0 Å². The second-order valence-electron chi connectivity index (χ2n) is 4.55. The van der Waals surface area contributed by atoms with Gasteiger partial charge in [0.2, 0.25) is 5.91 Å². The molecule has 1 aliphatic carbocycles. The quantitative estimate of drug-likeness (QED) is 0.717. The molecule has 0 atom stereocenters. The van der Waals surface area contributed by atoms with E-state index in [9.17, 15) is 4.79 Å². The van der Waals surface area contributed by atoms with Crippen LogP contribution in [0.3, 0.4) is 0 Å². The van der Waals surface area contributed by atoms with Gasteiger partial charge in [-0.3, -0.25) is 4.79 Å². The molecule has 2 aliphatic rings. The zero-order chi connectivity index (χ0) is 11.4. The molecule has 0 aromatic heterocycles. The molecule has 1 saturated carbocycles. The first kappa shape index (κ1) is 11.8. The molecule has 0 aromatic carbocycles. The predicted octanol–water partition coefficient (Wildman–Crippen LogP) is 0.137. The molecule has 16 heavy (non-hydrogen) atoms. The molecule has 1 heterocycles. The Morgan fingerprint density at radius 3 is 2.50 bits per heavy atom. The summed E-state index contributed by atoms with van der Waals surface area (Å²) in [5.41, 5.74) is 5.08. The van der Waals surface area contributed by atoms with Gasteiger partial charge in [-0.25, -0.2) is 0 Å². The number of carbonyl (C=O) groups excluding carboxylic acids is 1. The van der Waals surface area contributed by atoms with Gasteiger partial charge >= 0.3 is 0 Å². The van der Waals surface area contributed by atoms with E-state index in [2.05, 4.69) is 5.32 Å². The molecular formula is C11H20N2O3. The Morgan fingerprint density at radius 1 is 1.31 bits per heavy atom. The average molecular weight is 228 g/mol. The fourth-order valence-electron chi connectivity index (χ4n) is 2.45. The molecule has 5 heteroatoms. The van der Waals surface area contributed by atoms with Crippen LogP contribution in [-0.4, -0.2) is 37.5 Å². The van der Waals surface area contributed by atoms with Gasteiger partial charge in [0.25, 0.3) is 0 Å². The minimum absolute atomic E-state index is 0.248. The van der Waals surface area contributed by atoms with Crippen LogP contribution in [-0.2, 0) is 14.3 Å². The highest BCUT2D eigenvalue weighted by molar-refractivity contribution is 5.73. The van der Waals surface area contributed by atoms with E-state index >= 15 is 0 Å². The normalized spacial score (nSPS) is 25.0. The van der Waals surface area contributed by atoms with E-state index in [-0.39, 0.29) is 11.7 Å². The van der Waals surface area contributed by atoms with Gasteiger partial charge in [-0.1, -0.05) is 0 Å². The van der Waals surface area contributed by atoms with Crippen LogP contribution in [0.2, 0.25) is 0 Å². The third-order valence-corrected chi connectivity index (χ3v) is 3.37. The van der Waals surface area contributed by atoms with Gasteiger partial charge in [0.05, 0.1) is 13.2 Å². The molecule has 0 bridgehead atoms. The summed E-state index contributed by atoms with van der Waals surface area (Å²) in [5.74, 6) is -0.538. The van der Waals surface area contributed by atoms with Crippen molar-refractivity contribution < 1.29 is 14.3 Å². The maximum Gasteiger partial charge on any atom is 0.218 e. The Labute approximate surface area is 95.7 Å². The zero-order valence-electron chi connectivity index (χ0n) is 9.54. The monoisotopic (exact) mass is 228 g/mol. The lowest BCUT2D eigenvalue weighted by Crippen LogP contribution is -2.42. The summed E-state index contributed by atoms with van der Waals surface area (Å²) in [6.45, 7) is 2.12. The van der Waals surface area contributed by atoms with E-state index in [0.717, 1.165) is 38.9 Å². The first-order valence-corrected chi connectivity index (χ1v) is 6.00. The molecule has 5 nitrogen and oxygen atoms in total. The number of rotatable bonds is 4. The summed E-state index contributed by atoms with van der Waals surface area (Å²) in [6, 6.07) is 0.470. The molecule has 2 fully saturated rings. The van der Waals surface area contributed by atoms with E-state index in [4.69, 9.17) is 15.2 Å². The van der Waals surface area contributed by atoms with Crippen LogP contribution in [0.25, 0.3) is 0 Å². The fraction of sp³-hybridized carbons (Fsp3) is 0.909. The summed E-state index contributed by atoms with van der Waals surface area (Å²) in [7, 11) is 0. The van der Waals surface area contributed by atoms with Crippen molar-refractivity contribution in [1.82, 2.24) is 5.32 Å². The van der Waals surface area contributed by atoms with Crippen LogP contribution in [0.5, 0.6) is 0 Å². The van der Waals surface area contributed by atoms with E-state index in [1.165, 1.54) is 0 Å². The molecule has 1 spiro atoms. The lowest BCUT2D eigenvalue weighted by atomic mass is 9.90. The van der Waals surface area contributed by atoms with Crippen molar-refractivity contribution in [3.63, 3.8) is 0 Å². The number of nitrogens with one attached hydrogen (secondary N) is 1. The molecule has 3 N–H and O–H groups in total. The zero-order valence-corrected chi connectivity index (χ0v) is 9.54. The number of ether oxygens (including phenoxy) is 2. The van der Waals surface area contributed by atoms with Gasteiger partial charge in [0.1, 0.15) is 0 Å². The molecule has 0 radical (unpaired) electrons. The predicted molar refractivity (Wildman–Crippen MR) is 58.7 cm³/mol. The van der Waals surface area contributed by atoms with Gasteiger partial charge < -0.3 is 20.5 Å². The average Bonchev–Trinajstić information content (AvgIpc) is 2.70. The minimum atomic E-state index is -0.290. The Bertz CT molecular complexity index is 242. The van der Waals surface area contributed by atoms with Gasteiger partial charge in [-0.15, -0.1) is 0 Å². The molecule has 2 rings (SSSR count). The van der Waals surface area contributed by atoms with E-state index < -0.39 is 0 Å². The number of primary amides is 1. The fourth-order valence-corrected chi connectivity index (χ4v) is 2.45. The van der Waals surface area contributed by atoms with Crippen LogP contribution in [0.1, 0.15) is 32.1 Å². The van der Waals surface area contributed by atoms with Crippen LogP contribution < -0.4 is 11.1 Å². The third kappa shape index (κ3) is 2.93. The lowest BCUT2D eigenvalue weighted by Gasteiger charge is -2.35. The molecule has 92 valence electrons. The third-order valence-electron chi connectivity index (χ3n) is 3.37. The maximum absolute atomic E-state index is 10.6. The Hall–Kier alpha value is -0.650. The van der Waals surface area contributed by atoms with Crippen LogP contribution in [0.15, 0.2) is 0 Å². The van der Waals surface area contributed by atoms with Crippen molar-refractivity contribution in [1.29, 1.82) is 0 Å². The summed E-state index contributed by atoms with van der Waals surface area (Å²) >= 11 is 0. The molecule has 0 unspecified atom stereocenters. The Morgan fingerprint density at radius 2 is 1.94 bits per heavy atom. The standard InChI is InChI=1S/C11H20N2O3/c12-10(14)3-6-13-9-1-4-11(5-2-9)15-7-8-16-11/h9,13H,1-8H2,(H2,12,14). The number of hydrogen-bond donors (Lipinski definition) is 2. The Kier molecular flexibility index (Phi) is 3.78. The number of amides is 1. The summed E-state index contributed by atoms with van der Waals surface area (Å²) in [6.07, 6.45) is 4.38. The van der Waals surface area contributed by atoms with Gasteiger partial charge in [0, 0.05) is 31.8 Å². The lowest BCUT2D eigenvalue weighted by molar-refractivity contribution is -0.179. The first-order valence-electron chi connectivity index (χ1n) is 6.00. The number of nitrogens with two attached hydrogens (primary N) is 1. The Balaban J connectivity index is 1.67. The van der Waals surface area contributed by atoms with Gasteiger partial charge in [-0.05, 0) is 12.8 Å². The van der Waals surface area contributed by atoms with Gasteiger partial charge in [-0.2, -0.15) is 0 Å². The highest BCUT2D eigenvalue weighted by atomic mass is 16.7. The van der Waals surface area contributed by atoms with Crippen molar-refractivity contribution in [2.75, 3.05) is 19.8 Å². The SMILES string of the molecule is NC(=O)CCNC1CCC2(CC1)OCCO2. The largest absolute Gasteiger partial charge is 0.370 e. The highest BCUT2D eigenvalue weighted by Crippen LogP contribution is 2.35. The van der Waals surface area contributed by atoms with Crippen molar-refractivity contribution in [2.45, 2.75) is 43.9 Å². The second kappa shape index (κ2) is 5.12. The van der Waals surface area contributed by atoms with Crippen LogP contribution in [0, 0.1) is 0 Å². The highest BCUT2D eigenvalue weighted by Gasteiger charge is 2.39. The van der Waals surface area contributed by atoms with Crippen molar-refractivity contribution >= 4 is 5.91 Å². The molecule has 1 amide bonds. The molecule has 0 aromatic rings. The van der Waals surface area contributed by atoms with Gasteiger partial charge in [0.15, 0.2) is 5.79 Å². The summed E-state index contributed by atoms with van der Waals surface area (Å²) in [5, 5.41) is 3.35. The van der Waals surface area contributed by atoms with E-state index in [1.807, 2.05) is 0 Å². The summed E-state index contributed by atoms with van der Waals surface area (Å²) < 4.78 is 11.3. The smallest absolute Gasteiger partial charge is 0.218 e. The summed E-state index contributed by atoms with van der Waals surface area (Å²) in [4.78, 5) is 10.6. The van der Waals surface area contributed by atoms with Crippen molar-refractivity contribution in [2.24, 2.45) is 5.73 Å². The van der Waals surface area contributed by atoms with Crippen molar-refractivity contribution in [3.8, 4) is 0 Å². The van der Waals surface area contributed by atoms with Crippen molar-refractivity contribution in [3.05, 3.63) is 0 Å². The number of carbonyl (C=O) groups is 1. The minimum Gasteiger partial charge on any atom is -0.370 e. The van der Waals surface area contributed by atoms with E-state index in [0.29, 0.717) is 19.0 Å². The first-order chi connectivity index (χ1) is 7.70. The molecule has 1 saturated heterocycles. The maximum atomic E-state index is 10.6.